The second-order valence-corrected chi connectivity index (χ2v) is 12.5. The molecule has 3 aromatic carbocycles. The molecule has 0 saturated carbocycles. The third kappa shape index (κ3) is 6.32. The van der Waals surface area contributed by atoms with Gasteiger partial charge in [0.2, 0.25) is 6.79 Å². The Bertz CT molecular complexity index is 1860. The number of nitrogen functional groups attached to an aromatic ring is 1. The number of anilines is 1. The molecule has 1 aliphatic heterocycles. The summed E-state index contributed by atoms with van der Waals surface area (Å²) in [6.45, 7) is 11.6. The molecule has 0 atom stereocenters. The highest BCUT2D eigenvalue weighted by Gasteiger charge is 2.30. The van der Waals surface area contributed by atoms with E-state index in [2.05, 4.69) is 46.4 Å². The number of fused-ring (bicyclic) bond motifs is 5. The third-order valence-electron chi connectivity index (χ3n) is 8.37. The number of rotatable bonds is 9. The van der Waals surface area contributed by atoms with Gasteiger partial charge < -0.3 is 29.4 Å². The summed E-state index contributed by atoms with van der Waals surface area (Å²) in [6.07, 6.45) is 1.79. The summed E-state index contributed by atoms with van der Waals surface area (Å²) in [5, 5.41) is 0.733. The van der Waals surface area contributed by atoms with Crippen LogP contribution in [0.15, 0.2) is 77.0 Å². The molecule has 2 aromatic heterocycles. The number of ether oxygens (including phenoxy) is 3. The lowest BCUT2D eigenvalue weighted by Crippen LogP contribution is -2.39. The zero-order chi connectivity index (χ0) is 33.1. The largest absolute Gasteiger partial charge is 0.454 e. The van der Waals surface area contributed by atoms with Crippen LogP contribution in [-0.2, 0) is 11.3 Å². The van der Waals surface area contributed by atoms with Crippen molar-refractivity contribution in [2.24, 2.45) is 0 Å². The fourth-order valence-electron chi connectivity index (χ4n) is 6.08. The summed E-state index contributed by atoms with van der Waals surface area (Å²) in [4.78, 5) is 29.7. The molecule has 3 heterocycles. The fourth-order valence-corrected chi connectivity index (χ4v) is 7.09. The number of imidazole rings is 1. The van der Waals surface area contributed by atoms with Crippen molar-refractivity contribution in [2.45, 2.75) is 69.6 Å². The van der Waals surface area contributed by atoms with Gasteiger partial charge in [-0.3, -0.25) is 0 Å². The number of benzene rings is 3. The molecule has 1 amide bonds. The smallest absolute Gasteiger partial charge is 0.410 e. The van der Waals surface area contributed by atoms with E-state index in [0.717, 1.165) is 21.4 Å². The topological polar surface area (TPSA) is 118 Å². The van der Waals surface area contributed by atoms with Crippen molar-refractivity contribution in [1.82, 2.24) is 24.4 Å². The number of amides is 1. The van der Waals surface area contributed by atoms with Gasteiger partial charge in [-0.15, -0.1) is 0 Å². The Hall–Kier alpha value is -4.77. The minimum atomic E-state index is -0.320. The van der Waals surface area contributed by atoms with Crippen LogP contribution < -0.4 is 15.2 Å². The minimum Gasteiger partial charge on any atom is -0.454 e. The van der Waals surface area contributed by atoms with Gasteiger partial charge in [0.15, 0.2) is 33.6 Å². The fraction of sp³-hybridized carbons (Fsp3) is 0.333. The summed E-state index contributed by atoms with van der Waals surface area (Å²) in [5.74, 6) is 1.78. The molecular weight excluding hydrogens is 613 g/mol. The highest BCUT2D eigenvalue weighted by Crippen LogP contribution is 2.45. The van der Waals surface area contributed by atoms with Crippen molar-refractivity contribution in [2.75, 3.05) is 25.7 Å². The molecule has 7 rings (SSSR count). The summed E-state index contributed by atoms with van der Waals surface area (Å²) >= 11 is 1.51. The van der Waals surface area contributed by atoms with Crippen LogP contribution in [0.2, 0.25) is 0 Å². The van der Waals surface area contributed by atoms with Gasteiger partial charge in [0, 0.05) is 29.9 Å². The van der Waals surface area contributed by atoms with Crippen molar-refractivity contribution in [3.63, 3.8) is 0 Å². The van der Waals surface area contributed by atoms with Gasteiger partial charge in [0.1, 0.15) is 12.9 Å². The Morgan fingerprint density at radius 2 is 1.70 bits per heavy atom. The number of aryl methyl sites for hydroxylation is 2. The maximum Gasteiger partial charge on any atom is 0.410 e. The van der Waals surface area contributed by atoms with Gasteiger partial charge in [0.05, 0.1) is 0 Å². The summed E-state index contributed by atoms with van der Waals surface area (Å²) < 4.78 is 19.2. The van der Waals surface area contributed by atoms with E-state index < -0.39 is 0 Å². The van der Waals surface area contributed by atoms with Crippen molar-refractivity contribution in [3.8, 4) is 22.6 Å². The summed E-state index contributed by atoms with van der Waals surface area (Å²) in [7, 11) is 0. The van der Waals surface area contributed by atoms with E-state index in [1.807, 2.05) is 63.5 Å². The van der Waals surface area contributed by atoms with Crippen LogP contribution in [0.25, 0.3) is 22.3 Å². The molecule has 0 saturated heterocycles. The van der Waals surface area contributed by atoms with Crippen LogP contribution in [0.4, 0.5) is 10.6 Å². The predicted molar refractivity (Wildman–Crippen MR) is 184 cm³/mol. The first kappa shape index (κ1) is 32.2. The normalized spacial score (nSPS) is 12.9. The van der Waals surface area contributed by atoms with E-state index in [1.165, 1.54) is 40.3 Å². The van der Waals surface area contributed by atoms with Crippen LogP contribution in [-0.4, -0.2) is 56.5 Å². The van der Waals surface area contributed by atoms with Gasteiger partial charge >= 0.3 is 6.09 Å². The molecule has 0 fully saturated rings. The lowest BCUT2D eigenvalue weighted by Gasteiger charge is -2.27. The molecule has 0 radical (unpaired) electrons. The van der Waals surface area contributed by atoms with Crippen LogP contribution >= 0.6 is 11.8 Å². The first-order valence-corrected chi connectivity index (χ1v) is 16.9. The molecule has 0 bridgehead atoms. The minimum absolute atomic E-state index is 0.0111. The maximum absolute atomic E-state index is 13.5. The van der Waals surface area contributed by atoms with Crippen LogP contribution in [0.1, 0.15) is 56.7 Å². The molecule has 0 unspecified atom stereocenters. The summed E-state index contributed by atoms with van der Waals surface area (Å²) in [6, 6.07) is 20.6. The Kier molecular flexibility index (Phi) is 9.53. The number of carbonyl (C=O) groups excluding carboxylic acids is 1. The van der Waals surface area contributed by atoms with Gasteiger partial charge in [-0.1, -0.05) is 74.1 Å². The first-order valence-electron chi connectivity index (χ1n) is 16.1. The Labute approximate surface area is 279 Å². The van der Waals surface area contributed by atoms with E-state index in [1.54, 1.807) is 4.90 Å². The Morgan fingerprint density at radius 3 is 2.38 bits per heavy atom. The maximum atomic E-state index is 13.5. The number of carbonyl (C=O) groups is 1. The van der Waals surface area contributed by atoms with Crippen molar-refractivity contribution in [1.29, 1.82) is 0 Å². The second kappa shape index (κ2) is 13.9. The Balaban J connectivity index is 0.00000190. The predicted octanol–water partition coefficient (Wildman–Crippen LogP) is 7.67. The zero-order valence-corrected chi connectivity index (χ0v) is 28.2. The van der Waals surface area contributed by atoms with Crippen LogP contribution in [0, 0.1) is 6.92 Å². The van der Waals surface area contributed by atoms with Crippen molar-refractivity contribution >= 4 is 34.8 Å². The van der Waals surface area contributed by atoms with Crippen LogP contribution in [0.3, 0.4) is 0 Å². The average molecular weight is 653 g/mol. The molecule has 1 aliphatic carbocycles. The lowest BCUT2D eigenvalue weighted by atomic mass is 9.98. The monoisotopic (exact) mass is 652 g/mol. The third-order valence-corrected chi connectivity index (χ3v) is 9.53. The molecule has 5 aromatic rings. The molecule has 11 heteroatoms. The molecule has 10 nitrogen and oxygen atoms in total. The van der Waals surface area contributed by atoms with E-state index in [0.29, 0.717) is 42.2 Å². The summed E-state index contributed by atoms with van der Waals surface area (Å²) in [5.41, 5.74) is 13.2. The second-order valence-electron chi connectivity index (χ2n) is 11.5. The van der Waals surface area contributed by atoms with E-state index in [9.17, 15) is 4.79 Å². The highest BCUT2D eigenvalue weighted by atomic mass is 32.2. The van der Waals surface area contributed by atoms with Gasteiger partial charge in [-0.2, -0.15) is 0 Å². The highest BCUT2D eigenvalue weighted by molar-refractivity contribution is 7.99. The molecule has 47 heavy (non-hydrogen) atoms. The zero-order valence-electron chi connectivity index (χ0n) is 27.4. The van der Waals surface area contributed by atoms with Gasteiger partial charge in [-0.05, 0) is 67.1 Å². The Morgan fingerprint density at radius 1 is 1.04 bits per heavy atom. The number of nitrogens with two attached hydrogens (primary N) is 1. The van der Waals surface area contributed by atoms with E-state index in [-0.39, 0.29) is 31.5 Å². The molecular formula is C36H40N6O4S. The van der Waals surface area contributed by atoms with Crippen molar-refractivity contribution < 1.29 is 19.0 Å². The number of hydrogen-bond donors (Lipinski definition) is 1. The van der Waals surface area contributed by atoms with E-state index >= 15 is 0 Å². The van der Waals surface area contributed by atoms with Crippen molar-refractivity contribution in [3.05, 3.63) is 83.7 Å². The number of nitrogens with zero attached hydrogens (tertiary/aromatic N) is 5. The molecule has 0 spiro atoms. The van der Waals surface area contributed by atoms with Gasteiger partial charge in [-0.25, -0.2) is 19.7 Å². The van der Waals surface area contributed by atoms with Crippen LogP contribution in [0.5, 0.6) is 11.5 Å². The standard InChI is InChI=1S/C34H34N6O4S.C2H6/c1-20(2)39(34(41)42-17-26-24-11-6-4-9-22(24)23-10-5-7-12-25(23)26)13-8-14-40-32-30(31(35)36-18-37-32)38-33(40)45-29-16-28-27(15-21(29)3)43-19-44-28;1-2/h4-7,9-12,15-16,18,20,26H,8,13-14,17,19H2,1-3H3,(H2,35,36,37);1-2H3. The first-order chi connectivity index (χ1) is 22.9. The lowest BCUT2D eigenvalue weighted by molar-refractivity contribution is 0.0882. The molecule has 2 N–H and O–H groups in total. The van der Waals surface area contributed by atoms with Gasteiger partial charge in [0.25, 0.3) is 0 Å². The average Bonchev–Trinajstić information content (AvgIpc) is 3.77. The number of hydrogen-bond acceptors (Lipinski definition) is 9. The SMILES string of the molecule is CC.Cc1cc2c(cc1Sc1nc3c(N)ncnc3n1CCCN(C(=O)OCC1c3ccccc3-c3ccccc31)C(C)C)OCO2. The quantitative estimate of drug-likeness (QED) is 0.171. The van der Waals surface area contributed by atoms with E-state index in [4.69, 9.17) is 24.9 Å². The molecule has 244 valence electrons. The number of aromatic nitrogens is 4. The molecule has 2 aliphatic rings.